The number of halogens is 3. The van der Waals surface area contributed by atoms with Crippen molar-refractivity contribution < 1.29 is 17.9 Å². The van der Waals surface area contributed by atoms with E-state index in [1.807, 2.05) is 6.92 Å². The third-order valence-corrected chi connectivity index (χ3v) is 2.82. The molecular formula is C10H16F3N3OS. The lowest BCUT2D eigenvalue weighted by atomic mass is 10.3. The summed E-state index contributed by atoms with van der Waals surface area (Å²) < 4.78 is 40.6. The largest absolute Gasteiger partial charge is 0.389 e. The van der Waals surface area contributed by atoms with Crippen LogP contribution < -0.4 is 5.32 Å². The van der Waals surface area contributed by atoms with Crippen LogP contribution in [0.2, 0.25) is 0 Å². The van der Waals surface area contributed by atoms with Crippen LogP contribution >= 0.6 is 11.3 Å². The van der Waals surface area contributed by atoms with Crippen LogP contribution in [0.3, 0.4) is 0 Å². The van der Waals surface area contributed by atoms with E-state index in [1.54, 1.807) is 0 Å². The summed E-state index contributed by atoms with van der Waals surface area (Å²) in [6.07, 6.45) is -3.96. The Balaban J connectivity index is 2.13. The Morgan fingerprint density at radius 3 is 2.78 bits per heavy atom. The summed E-state index contributed by atoms with van der Waals surface area (Å²) in [5.41, 5.74) is 0. The molecule has 0 saturated carbocycles. The average molecular weight is 283 g/mol. The molecule has 0 aliphatic heterocycles. The first-order valence-electron chi connectivity index (χ1n) is 5.72. The number of aromatic nitrogens is 2. The summed E-state index contributed by atoms with van der Waals surface area (Å²) in [5, 5.41) is 12.2. The molecule has 1 rings (SSSR count). The molecule has 1 N–H and O–H groups in total. The van der Waals surface area contributed by atoms with Crippen LogP contribution in [0.25, 0.3) is 0 Å². The van der Waals surface area contributed by atoms with Crippen LogP contribution in [-0.4, -0.2) is 29.5 Å². The normalized spacial score (nSPS) is 11.8. The van der Waals surface area contributed by atoms with Gasteiger partial charge >= 0.3 is 6.18 Å². The van der Waals surface area contributed by atoms with E-state index in [9.17, 15) is 13.2 Å². The van der Waals surface area contributed by atoms with Crippen LogP contribution in [0.1, 0.15) is 31.2 Å². The van der Waals surface area contributed by atoms with Crippen LogP contribution in [0.15, 0.2) is 0 Å². The smallest absolute Gasteiger partial charge is 0.374 e. The van der Waals surface area contributed by atoms with Gasteiger partial charge in [-0.3, -0.25) is 0 Å². The molecule has 0 spiro atoms. The van der Waals surface area contributed by atoms with Crippen LogP contribution in [0.5, 0.6) is 0 Å². The first-order valence-corrected chi connectivity index (χ1v) is 6.53. The number of anilines is 1. The molecule has 0 aromatic carbocycles. The molecule has 0 unspecified atom stereocenters. The van der Waals surface area contributed by atoms with Gasteiger partial charge in [-0.05, 0) is 12.8 Å². The van der Waals surface area contributed by atoms with E-state index in [0.717, 1.165) is 13.0 Å². The zero-order valence-electron chi connectivity index (χ0n) is 10.1. The number of ether oxygens (including phenoxy) is 1. The molecule has 1 aromatic rings. The third-order valence-electron chi connectivity index (χ3n) is 1.97. The molecule has 1 aromatic heterocycles. The van der Waals surface area contributed by atoms with Crippen molar-refractivity contribution in [1.82, 2.24) is 10.2 Å². The van der Waals surface area contributed by atoms with E-state index in [0.29, 0.717) is 10.1 Å². The van der Waals surface area contributed by atoms with E-state index in [-0.39, 0.29) is 19.6 Å². The van der Waals surface area contributed by atoms with Crippen molar-refractivity contribution in [3.05, 3.63) is 5.01 Å². The highest BCUT2D eigenvalue weighted by Gasteiger charge is 2.25. The molecule has 0 amide bonds. The summed E-state index contributed by atoms with van der Waals surface area (Å²) >= 11 is 1.36. The van der Waals surface area contributed by atoms with Crippen molar-refractivity contribution in [2.45, 2.75) is 39.0 Å². The van der Waals surface area contributed by atoms with Gasteiger partial charge in [0.25, 0.3) is 0 Å². The maximum absolute atomic E-state index is 11.8. The third kappa shape index (κ3) is 6.75. The maximum Gasteiger partial charge on any atom is 0.389 e. The van der Waals surface area contributed by atoms with Gasteiger partial charge in [0.15, 0.2) is 0 Å². The van der Waals surface area contributed by atoms with Crippen LogP contribution in [-0.2, 0) is 11.3 Å². The van der Waals surface area contributed by atoms with E-state index in [2.05, 4.69) is 15.5 Å². The first kappa shape index (κ1) is 15.2. The quantitative estimate of drug-likeness (QED) is 0.744. The summed E-state index contributed by atoms with van der Waals surface area (Å²) in [5.74, 6) is 0. The second-order valence-corrected chi connectivity index (χ2v) is 4.76. The summed E-state index contributed by atoms with van der Waals surface area (Å²) in [4.78, 5) is 0. The van der Waals surface area contributed by atoms with Gasteiger partial charge in [-0.1, -0.05) is 18.3 Å². The van der Waals surface area contributed by atoms with Gasteiger partial charge in [-0.25, -0.2) is 0 Å². The van der Waals surface area contributed by atoms with E-state index in [1.165, 1.54) is 11.3 Å². The molecule has 0 atom stereocenters. The topological polar surface area (TPSA) is 47.0 Å². The number of nitrogens with zero attached hydrogens (tertiary/aromatic N) is 2. The summed E-state index contributed by atoms with van der Waals surface area (Å²) in [6.45, 7) is 3.15. The molecule has 104 valence electrons. The zero-order valence-corrected chi connectivity index (χ0v) is 10.9. The fourth-order valence-electron chi connectivity index (χ4n) is 1.15. The first-order chi connectivity index (χ1) is 8.51. The van der Waals surface area contributed by atoms with E-state index in [4.69, 9.17) is 4.74 Å². The van der Waals surface area contributed by atoms with Gasteiger partial charge in [0.1, 0.15) is 11.6 Å². The Morgan fingerprint density at radius 1 is 1.33 bits per heavy atom. The molecule has 18 heavy (non-hydrogen) atoms. The van der Waals surface area contributed by atoms with Gasteiger partial charge in [0, 0.05) is 19.6 Å². The highest BCUT2D eigenvalue weighted by atomic mass is 32.1. The molecule has 0 aliphatic rings. The molecule has 0 bridgehead atoms. The molecule has 0 saturated heterocycles. The van der Waals surface area contributed by atoms with Crippen molar-refractivity contribution in [2.24, 2.45) is 0 Å². The fraction of sp³-hybridized carbons (Fsp3) is 0.800. The maximum atomic E-state index is 11.8. The van der Waals surface area contributed by atoms with E-state index >= 15 is 0 Å². The standard InChI is InChI=1S/C10H16F3N3OS/c1-2-5-14-9-16-15-8(18-9)7-17-6-3-4-10(11,12)13/h2-7H2,1H3,(H,14,16). The van der Waals surface area contributed by atoms with Crippen LogP contribution in [0.4, 0.5) is 18.3 Å². The lowest BCUT2D eigenvalue weighted by Gasteiger charge is -2.05. The molecule has 1 heterocycles. The predicted molar refractivity (Wildman–Crippen MR) is 63.6 cm³/mol. The number of rotatable bonds is 8. The predicted octanol–water partition coefficient (Wildman–Crippen LogP) is 3.22. The highest BCUT2D eigenvalue weighted by Crippen LogP contribution is 2.21. The fourth-order valence-corrected chi connectivity index (χ4v) is 1.85. The molecular weight excluding hydrogens is 267 g/mol. The van der Waals surface area contributed by atoms with Crippen molar-refractivity contribution in [2.75, 3.05) is 18.5 Å². The van der Waals surface area contributed by atoms with Gasteiger partial charge in [-0.15, -0.1) is 10.2 Å². The highest BCUT2D eigenvalue weighted by molar-refractivity contribution is 7.15. The van der Waals surface area contributed by atoms with Crippen molar-refractivity contribution >= 4 is 16.5 Å². The van der Waals surface area contributed by atoms with E-state index < -0.39 is 12.6 Å². The minimum absolute atomic E-state index is 0.0246. The van der Waals surface area contributed by atoms with Gasteiger partial charge in [0.05, 0.1) is 0 Å². The zero-order chi connectivity index (χ0) is 13.4. The minimum Gasteiger partial charge on any atom is -0.374 e. The molecule has 0 radical (unpaired) electrons. The summed E-state index contributed by atoms with van der Waals surface area (Å²) in [6, 6.07) is 0. The number of alkyl halides is 3. The molecule has 4 nitrogen and oxygen atoms in total. The monoisotopic (exact) mass is 283 g/mol. The molecule has 0 fully saturated rings. The molecule has 8 heteroatoms. The second-order valence-electron chi connectivity index (χ2n) is 3.70. The van der Waals surface area contributed by atoms with Gasteiger partial charge in [-0.2, -0.15) is 13.2 Å². The molecule has 0 aliphatic carbocycles. The van der Waals surface area contributed by atoms with Crippen LogP contribution in [0, 0.1) is 0 Å². The number of hydrogen-bond donors (Lipinski definition) is 1. The lowest BCUT2D eigenvalue weighted by Crippen LogP contribution is -2.08. The lowest BCUT2D eigenvalue weighted by molar-refractivity contribution is -0.138. The number of nitrogens with one attached hydrogen (secondary N) is 1. The van der Waals surface area contributed by atoms with Crippen molar-refractivity contribution in [3.8, 4) is 0 Å². The minimum atomic E-state index is -4.11. The Bertz CT molecular complexity index is 343. The van der Waals surface area contributed by atoms with Gasteiger partial charge in [0.2, 0.25) is 5.13 Å². The average Bonchev–Trinajstić information content (AvgIpc) is 2.72. The van der Waals surface area contributed by atoms with Gasteiger partial charge < -0.3 is 10.1 Å². The number of hydrogen-bond acceptors (Lipinski definition) is 5. The van der Waals surface area contributed by atoms with Crippen molar-refractivity contribution in [3.63, 3.8) is 0 Å². The Hall–Kier alpha value is -0.890. The van der Waals surface area contributed by atoms with Crippen molar-refractivity contribution in [1.29, 1.82) is 0 Å². The SMILES string of the molecule is CCCNc1nnc(COCCCC(F)(F)F)s1. The Kier molecular flexibility index (Phi) is 6.34. The Morgan fingerprint density at radius 2 is 2.11 bits per heavy atom. The second kappa shape index (κ2) is 7.52. The summed E-state index contributed by atoms with van der Waals surface area (Å²) in [7, 11) is 0. The Labute approximate surface area is 108 Å².